The van der Waals surface area contributed by atoms with Crippen molar-refractivity contribution in [2.45, 2.75) is 44.6 Å². The molecular formula is C17H29IN4O2S. The van der Waals surface area contributed by atoms with Gasteiger partial charge >= 0.3 is 0 Å². The second kappa shape index (κ2) is 10.3. The lowest BCUT2D eigenvalue weighted by Gasteiger charge is -2.25. The number of benzene rings is 1. The van der Waals surface area contributed by atoms with E-state index >= 15 is 0 Å². The minimum absolute atomic E-state index is 0. The molecule has 1 fully saturated rings. The number of rotatable bonds is 8. The van der Waals surface area contributed by atoms with Crippen molar-refractivity contribution in [1.82, 2.24) is 10.0 Å². The van der Waals surface area contributed by atoms with E-state index in [9.17, 15) is 8.42 Å². The fourth-order valence-electron chi connectivity index (χ4n) is 2.31. The Morgan fingerprint density at radius 2 is 1.92 bits per heavy atom. The molecule has 6 nitrogen and oxygen atoms in total. The van der Waals surface area contributed by atoms with Gasteiger partial charge in [-0.25, -0.2) is 18.1 Å². The van der Waals surface area contributed by atoms with Crippen LogP contribution in [0.3, 0.4) is 0 Å². The van der Waals surface area contributed by atoms with Crippen LogP contribution in [-0.4, -0.2) is 27.5 Å². The van der Waals surface area contributed by atoms with Gasteiger partial charge in [-0.2, -0.15) is 0 Å². The fourth-order valence-corrected chi connectivity index (χ4v) is 3.53. The van der Waals surface area contributed by atoms with Crippen molar-refractivity contribution in [3.63, 3.8) is 0 Å². The number of nitrogens with one attached hydrogen (secondary N) is 2. The summed E-state index contributed by atoms with van der Waals surface area (Å²) in [6.45, 7) is 5.68. The van der Waals surface area contributed by atoms with Crippen molar-refractivity contribution in [3.8, 4) is 0 Å². The summed E-state index contributed by atoms with van der Waals surface area (Å²) < 4.78 is 26.9. The molecule has 0 aliphatic heterocycles. The predicted molar refractivity (Wildman–Crippen MR) is 113 cm³/mol. The number of nitrogens with zero attached hydrogens (tertiary/aromatic N) is 1. The molecule has 4 N–H and O–H groups in total. The minimum Gasteiger partial charge on any atom is -0.370 e. The summed E-state index contributed by atoms with van der Waals surface area (Å²) in [6.07, 6.45) is 3.84. The van der Waals surface area contributed by atoms with E-state index in [1.165, 1.54) is 19.3 Å². The fraction of sp³-hybridized carbons (Fsp3) is 0.588. The van der Waals surface area contributed by atoms with Crippen molar-refractivity contribution < 1.29 is 8.42 Å². The Balaban J connectivity index is 0.00000312. The van der Waals surface area contributed by atoms with Crippen molar-refractivity contribution in [2.24, 2.45) is 22.6 Å². The van der Waals surface area contributed by atoms with Gasteiger partial charge in [0.1, 0.15) is 0 Å². The molecule has 1 aromatic carbocycles. The normalized spacial score (nSPS) is 15.6. The SMILES string of the molecule is CC(C)CNS(=O)(=O)c1ccc(CN=C(N)NCC2CCC2)cc1.I. The molecule has 0 heterocycles. The highest BCUT2D eigenvalue weighted by atomic mass is 127. The van der Waals surface area contributed by atoms with Gasteiger partial charge < -0.3 is 11.1 Å². The molecule has 2 rings (SSSR count). The topological polar surface area (TPSA) is 96.6 Å². The third kappa shape index (κ3) is 7.49. The van der Waals surface area contributed by atoms with Crippen molar-refractivity contribution in [3.05, 3.63) is 29.8 Å². The number of halogens is 1. The van der Waals surface area contributed by atoms with Crippen LogP contribution < -0.4 is 15.8 Å². The number of guanidine groups is 1. The number of nitrogens with two attached hydrogens (primary N) is 1. The van der Waals surface area contributed by atoms with E-state index in [0.717, 1.165) is 18.0 Å². The zero-order chi connectivity index (χ0) is 17.6. The molecule has 0 atom stereocenters. The number of hydrogen-bond donors (Lipinski definition) is 3. The van der Waals surface area contributed by atoms with Crippen LogP contribution in [0.5, 0.6) is 0 Å². The third-order valence-electron chi connectivity index (χ3n) is 4.14. The molecule has 0 amide bonds. The van der Waals surface area contributed by atoms with Gasteiger partial charge in [-0.3, -0.25) is 0 Å². The third-order valence-corrected chi connectivity index (χ3v) is 5.58. The Labute approximate surface area is 168 Å². The van der Waals surface area contributed by atoms with Gasteiger partial charge in [0.25, 0.3) is 0 Å². The zero-order valence-electron chi connectivity index (χ0n) is 14.9. The van der Waals surface area contributed by atoms with E-state index in [-0.39, 0.29) is 34.8 Å². The maximum atomic E-state index is 12.1. The first kappa shape index (κ1) is 22.2. The average molecular weight is 480 g/mol. The van der Waals surface area contributed by atoms with E-state index in [4.69, 9.17) is 5.73 Å². The van der Waals surface area contributed by atoms with Gasteiger partial charge in [-0.1, -0.05) is 32.4 Å². The smallest absolute Gasteiger partial charge is 0.240 e. The second-order valence-electron chi connectivity index (χ2n) is 6.77. The summed E-state index contributed by atoms with van der Waals surface area (Å²) >= 11 is 0. The van der Waals surface area contributed by atoms with E-state index in [0.29, 0.717) is 19.0 Å². The summed E-state index contributed by atoms with van der Waals surface area (Å²) in [5.41, 5.74) is 6.77. The Hall–Kier alpha value is -0.870. The maximum absolute atomic E-state index is 12.1. The number of aliphatic imine (C=N–C) groups is 1. The van der Waals surface area contributed by atoms with Crippen LogP contribution in [0, 0.1) is 11.8 Å². The maximum Gasteiger partial charge on any atom is 0.240 e. The van der Waals surface area contributed by atoms with Crippen molar-refractivity contribution >= 4 is 40.0 Å². The molecule has 142 valence electrons. The molecule has 0 radical (unpaired) electrons. The van der Waals surface area contributed by atoms with Gasteiger partial charge in [0, 0.05) is 13.1 Å². The second-order valence-corrected chi connectivity index (χ2v) is 8.54. The average Bonchev–Trinajstić information content (AvgIpc) is 2.50. The van der Waals surface area contributed by atoms with Crippen molar-refractivity contribution in [1.29, 1.82) is 0 Å². The predicted octanol–water partition coefficient (Wildman–Crippen LogP) is 2.44. The molecule has 0 saturated heterocycles. The lowest BCUT2D eigenvalue weighted by Crippen LogP contribution is -2.37. The Morgan fingerprint density at radius 3 is 2.44 bits per heavy atom. The van der Waals surface area contributed by atoms with Gasteiger partial charge in [0.2, 0.25) is 10.0 Å². The first-order chi connectivity index (χ1) is 11.4. The van der Waals surface area contributed by atoms with Crippen molar-refractivity contribution in [2.75, 3.05) is 13.1 Å². The first-order valence-electron chi connectivity index (χ1n) is 8.49. The van der Waals surface area contributed by atoms with Crippen LogP contribution in [0.2, 0.25) is 0 Å². The van der Waals surface area contributed by atoms with E-state index in [2.05, 4.69) is 15.0 Å². The lowest BCUT2D eigenvalue weighted by atomic mass is 9.85. The molecule has 0 aromatic heterocycles. The summed E-state index contributed by atoms with van der Waals surface area (Å²) in [5.74, 6) is 1.43. The molecule has 0 unspecified atom stereocenters. The highest BCUT2D eigenvalue weighted by molar-refractivity contribution is 14.0. The van der Waals surface area contributed by atoms with Crippen LogP contribution in [-0.2, 0) is 16.6 Å². The monoisotopic (exact) mass is 480 g/mol. The molecule has 0 spiro atoms. The van der Waals surface area contributed by atoms with Crippen LogP contribution in [0.4, 0.5) is 0 Å². The molecular weight excluding hydrogens is 451 g/mol. The number of hydrogen-bond acceptors (Lipinski definition) is 3. The van der Waals surface area contributed by atoms with Crippen LogP contribution in [0.1, 0.15) is 38.7 Å². The van der Waals surface area contributed by atoms with E-state index < -0.39 is 10.0 Å². The molecule has 1 aromatic rings. The first-order valence-corrected chi connectivity index (χ1v) is 9.97. The Kier molecular flexibility index (Phi) is 9.15. The summed E-state index contributed by atoms with van der Waals surface area (Å²) in [6, 6.07) is 6.75. The minimum atomic E-state index is -3.44. The highest BCUT2D eigenvalue weighted by Crippen LogP contribution is 2.24. The van der Waals surface area contributed by atoms with Gasteiger partial charge in [0.15, 0.2) is 5.96 Å². The van der Waals surface area contributed by atoms with Gasteiger partial charge in [-0.15, -0.1) is 24.0 Å². The lowest BCUT2D eigenvalue weighted by molar-refractivity contribution is 0.315. The molecule has 1 aliphatic carbocycles. The van der Waals surface area contributed by atoms with Crippen LogP contribution in [0.15, 0.2) is 34.2 Å². The molecule has 1 saturated carbocycles. The van der Waals surface area contributed by atoms with Crippen LogP contribution in [0.25, 0.3) is 0 Å². The van der Waals surface area contributed by atoms with Gasteiger partial charge in [-0.05, 0) is 42.4 Å². The summed E-state index contributed by atoms with van der Waals surface area (Å²) in [7, 11) is -3.44. The number of sulfonamides is 1. The molecule has 8 heteroatoms. The molecule has 25 heavy (non-hydrogen) atoms. The van der Waals surface area contributed by atoms with E-state index in [1.807, 2.05) is 13.8 Å². The Bertz CT molecular complexity index is 656. The summed E-state index contributed by atoms with van der Waals surface area (Å²) in [5, 5.41) is 3.14. The molecule has 0 bridgehead atoms. The standard InChI is InChI=1S/C17H28N4O2S.HI/c1-13(2)10-21-24(22,23)16-8-6-15(7-9-16)12-20-17(18)19-11-14-4-3-5-14;/h6-9,13-14,21H,3-5,10-12H2,1-2H3,(H3,18,19,20);1H. The van der Waals surface area contributed by atoms with Gasteiger partial charge in [0.05, 0.1) is 11.4 Å². The van der Waals surface area contributed by atoms with E-state index in [1.54, 1.807) is 24.3 Å². The largest absolute Gasteiger partial charge is 0.370 e. The molecule has 1 aliphatic rings. The zero-order valence-corrected chi connectivity index (χ0v) is 18.0. The quantitative estimate of drug-likeness (QED) is 0.303. The highest BCUT2D eigenvalue weighted by Gasteiger charge is 2.17. The van der Waals surface area contributed by atoms with Crippen LogP contribution >= 0.6 is 24.0 Å². The Morgan fingerprint density at radius 1 is 1.28 bits per heavy atom. The summed E-state index contributed by atoms with van der Waals surface area (Å²) in [4.78, 5) is 4.56.